The maximum Gasteiger partial charge on any atom is 0.534 e. The number of amides is 1. The fourth-order valence-corrected chi connectivity index (χ4v) is 4.47. The summed E-state index contributed by atoms with van der Waals surface area (Å²) in [5.41, 5.74) is -5.45. The van der Waals surface area contributed by atoms with Gasteiger partial charge in [-0.1, -0.05) is 35.3 Å². The summed E-state index contributed by atoms with van der Waals surface area (Å²) in [5.74, 6) is -1.90. The highest BCUT2D eigenvalue weighted by molar-refractivity contribution is 7.87. The monoisotopic (exact) mass is 635 g/mol. The van der Waals surface area contributed by atoms with Gasteiger partial charge in [0.25, 0.3) is 5.91 Å². The number of ether oxygens (including phenoxy) is 1. The van der Waals surface area contributed by atoms with Crippen molar-refractivity contribution in [3.05, 3.63) is 69.7 Å². The molecule has 0 aliphatic carbocycles. The first-order valence-corrected chi connectivity index (χ1v) is 14.1. The lowest BCUT2D eigenvalue weighted by atomic mass is 10.1. The second kappa shape index (κ2) is 11.9. The minimum atomic E-state index is -6.03. The zero-order valence-corrected chi connectivity index (χ0v) is 24.7. The van der Waals surface area contributed by atoms with E-state index in [0.717, 1.165) is 10.7 Å². The van der Waals surface area contributed by atoms with Gasteiger partial charge >= 0.3 is 21.6 Å². The van der Waals surface area contributed by atoms with Crippen molar-refractivity contribution < 1.29 is 40.1 Å². The van der Waals surface area contributed by atoms with Gasteiger partial charge in [0.1, 0.15) is 11.6 Å². The highest BCUT2D eigenvalue weighted by Gasteiger charge is 2.49. The van der Waals surface area contributed by atoms with E-state index in [2.05, 4.69) is 14.6 Å². The van der Waals surface area contributed by atoms with Crippen LogP contribution in [-0.2, 0) is 19.6 Å². The lowest BCUT2D eigenvalue weighted by Crippen LogP contribution is -2.42. The van der Waals surface area contributed by atoms with Gasteiger partial charge in [-0.25, -0.2) is 9.48 Å². The fourth-order valence-electron chi connectivity index (χ4n) is 3.50. The first-order valence-electron chi connectivity index (χ1n) is 12.0. The molecule has 1 heterocycles. The Bertz CT molecular complexity index is 1530. The second-order valence-corrected chi connectivity index (χ2v) is 12.4. The van der Waals surface area contributed by atoms with Crippen molar-refractivity contribution in [2.75, 3.05) is 0 Å². The van der Waals surface area contributed by atoms with E-state index >= 15 is 0 Å². The van der Waals surface area contributed by atoms with Gasteiger partial charge in [0.2, 0.25) is 5.88 Å². The van der Waals surface area contributed by atoms with Gasteiger partial charge < -0.3 is 14.2 Å². The quantitative estimate of drug-likeness (QED) is 0.179. The van der Waals surface area contributed by atoms with E-state index < -0.39 is 51.1 Å². The van der Waals surface area contributed by atoms with Gasteiger partial charge in [-0.05, 0) is 70.5 Å². The number of alkyl halides is 3. The van der Waals surface area contributed by atoms with Gasteiger partial charge in [0.05, 0.1) is 11.7 Å². The summed E-state index contributed by atoms with van der Waals surface area (Å²) in [6, 6.07) is 9.39. The van der Waals surface area contributed by atoms with E-state index in [-0.39, 0.29) is 21.3 Å². The summed E-state index contributed by atoms with van der Waals surface area (Å²) >= 11 is 12.1. The summed E-state index contributed by atoms with van der Waals surface area (Å²) < 4.78 is 73.6. The molecule has 222 valence electrons. The molecule has 0 saturated carbocycles. The normalized spacial score (nSPS) is 13.8. The van der Waals surface area contributed by atoms with Crippen molar-refractivity contribution in [2.24, 2.45) is 0 Å². The maximum atomic E-state index is 13.1. The van der Waals surface area contributed by atoms with Gasteiger partial charge in [-0.15, -0.1) is 0 Å². The number of carbonyl (C=O) groups is 2. The number of nitrogens with one attached hydrogen (secondary N) is 1. The van der Waals surface area contributed by atoms with Gasteiger partial charge in [-0.2, -0.15) is 26.7 Å². The van der Waals surface area contributed by atoms with Crippen LogP contribution in [0.15, 0.2) is 48.5 Å². The van der Waals surface area contributed by atoms with E-state index in [0.29, 0.717) is 11.1 Å². The molecule has 0 aliphatic rings. The molecule has 3 rings (SSSR count). The van der Waals surface area contributed by atoms with Gasteiger partial charge in [0, 0.05) is 27.2 Å². The van der Waals surface area contributed by atoms with E-state index in [4.69, 9.17) is 27.9 Å². The van der Waals surface area contributed by atoms with Crippen LogP contribution < -0.4 is 9.50 Å². The average Bonchev–Trinajstić information content (AvgIpc) is 3.24. The minimum Gasteiger partial charge on any atom is -0.458 e. The molecule has 1 N–H and O–H groups in total. The van der Waals surface area contributed by atoms with Crippen molar-refractivity contribution in [1.29, 1.82) is 0 Å². The van der Waals surface area contributed by atoms with E-state index in [1.54, 1.807) is 20.8 Å². The SMILES string of the molecule is CC(c1ccc(C(=O)N[C@@H](C)C(=O)OC(C)(C)C)cc1)n1nc(-c2cc(Cl)cc(Cl)c2)cc1OS(=O)(=O)C(F)(F)F. The number of carbonyl (C=O) groups excluding carboxylic acids is 2. The highest BCUT2D eigenvalue weighted by Crippen LogP contribution is 2.34. The largest absolute Gasteiger partial charge is 0.534 e. The molecule has 1 amide bonds. The lowest BCUT2D eigenvalue weighted by molar-refractivity contribution is -0.156. The number of hydrogen-bond donors (Lipinski definition) is 1. The van der Waals surface area contributed by atoms with Crippen LogP contribution in [0.3, 0.4) is 0 Å². The fraction of sp³-hybridized carbons (Fsp3) is 0.346. The summed E-state index contributed by atoms with van der Waals surface area (Å²) in [5, 5.41) is 7.23. The number of rotatable bonds is 8. The molecule has 0 aliphatic heterocycles. The molecule has 15 heteroatoms. The number of halogens is 5. The van der Waals surface area contributed by atoms with Crippen LogP contribution in [-0.4, -0.2) is 47.2 Å². The molecule has 0 radical (unpaired) electrons. The Kier molecular flexibility index (Phi) is 9.36. The molecule has 41 heavy (non-hydrogen) atoms. The molecule has 0 fully saturated rings. The van der Waals surface area contributed by atoms with Crippen LogP contribution in [0.5, 0.6) is 5.88 Å². The van der Waals surface area contributed by atoms with Crippen LogP contribution in [0.25, 0.3) is 11.3 Å². The van der Waals surface area contributed by atoms with E-state index in [1.807, 2.05) is 0 Å². The van der Waals surface area contributed by atoms with Crippen molar-refractivity contribution in [1.82, 2.24) is 15.1 Å². The van der Waals surface area contributed by atoms with Gasteiger partial charge in [0.15, 0.2) is 0 Å². The Morgan fingerprint density at radius 2 is 1.54 bits per heavy atom. The molecule has 0 spiro atoms. The van der Waals surface area contributed by atoms with Crippen LogP contribution >= 0.6 is 23.2 Å². The molecule has 0 saturated heterocycles. The molecule has 0 bridgehead atoms. The summed E-state index contributed by atoms with van der Waals surface area (Å²) in [6.45, 7) is 8.10. The van der Waals surface area contributed by atoms with Crippen molar-refractivity contribution in [3.8, 4) is 17.1 Å². The predicted molar refractivity (Wildman–Crippen MR) is 146 cm³/mol. The number of esters is 1. The molecule has 2 aromatic carbocycles. The third kappa shape index (κ3) is 8.14. The summed E-state index contributed by atoms with van der Waals surface area (Å²) in [6.07, 6.45) is 0. The summed E-state index contributed by atoms with van der Waals surface area (Å²) in [7, 11) is -6.03. The van der Waals surface area contributed by atoms with Gasteiger partial charge in [-0.3, -0.25) is 4.79 Å². The number of benzene rings is 2. The molecular weight excluding hydrogens is 610 g/mol. The van der Waals surface area contributed by atoms with Crippen molar-refractivity contribution in [2.45, 2.75) is 57.8 Å². The third-order valence-electron chi connectivity index (χ3n) is 5.47. The molecule has 1 unspecified atom stereocenters. The zero-order chi connectivity index (χ0) is 30.9. The average molecular weight is 636 g/mol. The summed E-state index contributed by atoms with van der Waals surface area (Å²) in [4.78, 5) is 24.8. The first kappa shape index (κ1) is 32.2. The predicted octanol–water partition coefficient (Wildman–Crippen LogP) is 6.15. The number of aromatic nitrogens is 2. The topological polar surface area (TPSA) is 117 Å². The third-order valence-corrected chi connectivity index (χ3v) is 6.86. The number of hydrogen-bond acceptors (Lipinski definition) is 7. The van der Waals surface area contributed by atoms with Crippen LogP contribution in [0.2, 0.25) is 10.0 Å². The lowest BCUT2D eigenvalue weighted by Gasteiger charge is -2.22. The standard InChI is InChI=1S/C26H26Cl2F3N3O6S/c1-14(24(36)39-25(3,4)5)32-23(35)17-8-6-16(7-9-17)15(2)34-22(40-41(37,38)26(29,30)31)13-21(33-34)18-10-19(27)12-20(28)11-18/h6-15H,1-5H3,(H,32,35)/t14-,15?/m0/s1. The van der Waals surface area contributed by atoms with Crippen molar-refractivity contribution >= 4 is 45.2 Å². The van der Waals surface area contributed by atoms with Crippen LogP contribution in [0.1, 0.15) is 56.6 Å². The number of nitrogens with zero attached hydrogens (tertiary/aromatic N) is 2. The Morgan fingerprint density at radius 1 is 0.976 bits per heavy atom. The Morgan fingerprint density at radius 3 is 2.05 bits per heavy atom. The maximum absolute atomic E-state index is 13.1. The Balaban J connectivity index is 1.92. The van der Waals surface area contributed by atoms with E-state index in [1.165, 1.54) is 56.3 Å². The smallest absolute Gasteiger partial charge is 0.458 e. The molecular formula is C26H26Cl2F3N3O6S. The Hall–Kier alpha value is -3.29. The minimum absolute atomic E-state index is 0.0424. The zero-order valence-electron chi connectivity index (χ0n) is 22.4. The highest BCUT2D eigenvalue weighted by atomic mass is 35.5. The molecule has 2 atom stereocenters. The molecule has 9 nitrogen and oxygen atoms in total. The molecule has 3 aromatic rings. The van der Waals surface area contributed by atoms with Crippen LogP contribution in [0, 0.1) is 0 Å². The van der Waals surface area contributed by atoms with Crippen LogP contribution in [0.4, 0.5) is 13.2 Å². The van der Waals surface area contributed by atoms with Crippen molar-refractivity contribution in [3.63, 3.8) is 0 Å². The Labute approximate surface area is 244 Å². The first-order chi connectivity index (χ1) is 18.8. The molecule has 1 aromatic heterocycles. The second-order valence-electron chi connectivity index (χ2n) is 9.98. The van der Waals surface area contributed by atoms with E-state index in [9.17, 15) is 31.2 Å².